The van der Waals surface area contributed by atoms with Gasteiger partial charge in [-0.25, -0.2) is 4.39 Å². The van der Waals surface area contributed by atoms with Crippen molar-refractivity contribution in [2.45, 2.75) is 19.6 Å². The SMILES string of the molecule is Cc1cccnc1[C@H](O)c1cccc(F)c1N1CCN(Cc2ccc(N(C)C)cc2)CC1. The molecule has 1 aromatic heterocycles. The first-order valence-electron chi connectivity index (χ1n) is 11.1. The monoisotopic (exact) mass is 434 g/mol. The number of halogens is 1. The summed E-state index contributed by atoms with van der Waals surface area (Å²) in [6, 6.07) is 17.3. The second kappa shape index (κ2) is 9.67. The number of hydrogen-bond donors (Lipinski definition) is 1. The van der Waals surface area contributed by atoms with Gasteiger partial charge in [-0.2, -0.15) is 0 Å². The fraction of sp³-hybridized carbons (Fsp3) is 0.346. The smallest absolute Gasteiger partial charge is 0.146 e. The van der Waals surface area contributed by atoms with E-state index in [0.29, 0.717) is 30.0 Å². The molecule has 1 atom stereocenters. The van der Waals surface area contributed by atoms with Crippen LogP contribution in [0.15, 0.2) is 60.8 Å². The summed E-state index contributed by atoms with van der Waals surface area (Å²) in [6.45, 7) is 5.87. The molecule has 0 aliphatic carbocycles. The summed E-state index contributed by atoms with van der Waals surface area (Å²) >= 11 is 0. The Labute approximate surface area is 189 Å². The predicted molar refractivity (Wildman–Crippen MR) is 128 cm³/mol. The molecule has 1 saturated heterocycles. The number of nitrogens with zero attached hydrogens (tertiary/aromatic N) is 4. The van der Waals surface area contributed by atoms with Gasteiger partial charge in [-0.1, -0.05) is 30.3 Å². The minimum Gasteiger partial charge on any atom is -0.382 e. The van der Waals surface area contributed by atoms with E-state index in [0.717, 1.165) is 25.2 Å². The fourth-order valence-electron chi connectivity index (χ4n) is 4.31. The number of pyridine rings is 1. The molecule has 0 spiro atoms. The molecular formula is C26H31FN4O. The zero-order chi connectivity index (χ0) is 22.7. The number of rotatable bonds is 6. The van der Waals surface area contributed by atoms with Gasteiger partial charge in [0.05, 0.1) is 11.4 Å². The first-order valence-corrected chi connectivity index (χ1v) is 11.1. The quantitative estimate of drug-likeness (QED) is 0.635. The van der Waals surface area contributed by atoms with Gasteiger partial charge >= 0.3 is 0 Å². The lowest BCUT2D eigenvalue weighted by molar-refractivity contribution is 0.213. The number of aliphatic hydroxyl groups excluding tert-OH is 1. The van der Waals surface area contributed by atoms with Crippen LogP contribution in [-0.4, -0.2) is 55.3 Å². The number of hydrogen-bond acceptors (Lipinski definition) is 5. The van der Waals surface area contributed by atoms with Crippen LogP contribution < -0.4 is 9.80 Å². The molecule has 1 fully saturated rings. The molecule has 0 saturated carbocycles. The van der Waals surface area contributed by atoms with E-state index in [1.807, 2.05) is 33.2 Å². The summed E-state index contributed by atoms with van der Waals surface area (Å²) in [6.07, 6.45) is 0.698. The Morgan fingerprint density at radius 2 is 1.72 bits per heavy atom. The highest BCUT2D eigenvalue weighted by atomic mass is 19.1. The van der Waals surface area contributed by atoms with Crippen molar-refractivity contribution in [3.8, 4) is 0 Å². The van der Waals surface area contributed by atoms with Crippen molar-refractivity contribution in [3.05, 3.63) is 89.0 Å². The molecule has 2 aromatic carbocycles. The van der Waals surface area contributed by atoms with Crippen LogP contribution in [0.25, 0.3) is 0 Å². The molecule has 3 aromatic rings. The van der Waals surface area contributed by atoms with Gasteiger partial charge in [0.1, 0.15) is 11.9 Å². The van der Waals surface area contributed by atoms with E-state index >= 15 is 0 Å². The highest BCUT2D eigenvalue weighted by molar-refractivity contribution is 5.58. The normalized spacial score (nSPS) is 15.6. The highest BCUT2D eigenvalue weighted by Crippen LogP contribution is 2.34. The fourth-order valence-corrected chi connectivity index (χ4v) is 4.31. The van der Waals surface area contributed by atoms with Gasteiger partial charge < -0.3 is 14.9 Å². The average Bonchev–Trinajstić information content (AvgIpc) is 2.80. The maximum absolute atomic E-state index is 15.0. The maximum Gasteiger partial charge on any atom is 0.146 e. The Morgan fingerprint density at radius 3 is 2.38 bits per heavy atom. The van der Waals surface area contributed by atoms with Crippen LogP contribution in [0.3, 0.4) is 0 Å². The third kappa shape index (κ3) is 4.76. The van der Waals surface area contributed by atoms with Crippen LogP contribution in [0.4, 0.5) is 15.8 Å². The average molecular weight is 435 g/mol. The standard InChI is InChI=1S/C26H31FN4O/c1-19-6-5-13-28-24(19)26(32)22-7-4-8-23(27)25(22)31-16-14-30(15-17-31)18-20-9-11-21(12-10-20)29(2)3/h4-13,26,32H,14-18H2,1-3H3/t26-/m1/s1. The number of aryl methyl sites for hydroxylation is 1. The lowest BCUT2D eigenvalue weighted by Gasteiger charge is -2.37. The number of anilines is 2. The van der Waals surface area contributed by atoms with E-state index in [1.54, 1.807) is 18.3 Å². The van der Waals surface area contributed by atoms with Crippen LogP contribution in [0.1, 0.15) is 28.5 Å². The molecule has 32 heavy (non-hydrogen) atoms. The van der Waals surface area contributed by atoms with Crippen molar-refractivity contribution in [2.75, 3.05) is 50.1 Å². The summed E-state index contributed by atoms with van der Waals surface area (Å²) in [5.74, 6) is -0.303. The maximum atomic E-state index is 15.0. The van der Waals surface area contributed by atoms with Gasteiger partial charge in [-0.05, 0) is 42.3 Å². The van der Waals surface area contributed by atoms with Crippen molar-refractivity contribution in [1.82, 2.24) is 9.88 Å². The van der Waals surface area contributed by atoms with Gasteiger partial charge in [-0.15, -0.1) is 0 Å². The Bertz CT molecular complexity index is 1050. The number of aliphatic hydroxyl groups is 1. The van der Waals surface area contributed by atoms with Gasteiger partial charge in [0.25, 0.3) is 0 Å². The summed E-state index contributed by atoms with van der Waals surface area (Å²) in [5.41, 5.74) is 4.98. The molecule has 0 bridgehead atoms. The van der Waals surface area contributed by atoms with E-state index in [2.05, 4.69) is 43.9 Å². The molecule has 1 aliphatic heterocycles. The number of benzene rings is 2. The molecule has 168 valence electrons. The number of para-hydroxylation sites is 1. The molecule has 0 radical (unpaired) electrons. The topological polar surface area (TPSA) is 42.8 Å². The van der Waals surface area contributed by atoms with Gasteiger partial charge in [0.2, 0.25) is 0 Å². The zero-order valence-electron chi connectivity index (χ0n) is 19.0. The molecular weight excluding hydrogens is 403 g/mol. The van der Waals surface area contributed by atoms with E-state index in [1.165, 1.54) is 17.3 Å². The Balaban J connectivity index is 1.47. The van der Waals surface area contributed by atoms with E-state index in [-0.39, 0.29) is 5.82 Å². The molecule has 6 heteroatoms. The summed E-state index contributed by atoms with van der Waals surface area (Å²) in [4.78, 5) is 10.9. The van der Waals surface area contributed by atoms with Crippen molar-refractivity contribution < 1.29 is 9.50 Å². The van der Waals surface area contributed by atoms with E-state index in [9.17, 15) is 9.50 Å². The van der Waals surface area contributed by atoms with E-state index < -0.39 is 6.10 Å². The first-order chi connectivity index (χ1) is 15.4. The van der Waals surface area contributed by atoms with Crippen molar-refractivity contribution in [1.29, 1.82) is 0 Å². The minimum absolute atomic E-state index is 0.303. The zero-order valence-corrected chi connectivity index (χ0v) is 19.0. The summed E-state index contributed by atoms with van der Waals surface area (Å²) < 4.78 is 15.0. The Kier molecular flexibility index (Phi) is 6.72. The van der Waals surface area contributed by atoms with Crippen LogP contribution in [0, 0.1) is 12.7 Å². The lowest BCUT2D eigenvalue weighted by atomic mass is 9.99. The molecule has 5 nitrogen and oxygen atoms in total. The van der Waals surface area contributed by atoms with Gasteiger partial charge in [-0.3, -0.25) is 9.88 Å². The van der Waals surface area contributed by atoms with Crippen molar-refractivity contribution >= 4 is 11.4 Å². The second-order valence-corrected chi connectivity index (χ2v) is 8.61. The summed E-state index contributed by atoms with van der Waals surface area (Å²) in [7, 11) is 4.08. The lowest BCUT2D eigenvalue weighted by Crippen LogP contribution is -2.46. The highest BCUT2D eigenvalue weighted by Gasteiger charge is 2.26. The predicted octanol–water partition coefficient (Wildman–Crippen LogP) is 4.00. The molecule has 4 rings (SSSR count). The molecule has 1 N–H and O–H groups in total. The van der Waals surface area contributed by atoms with Crippen LogP contribution in [0.5, 0.6) is 0 Å². The van der Waals surface area contributed by atoms with Gasteiger partial charge in [0.15, 0.2) is 0 Å². The van der Waals surface area contributed by atoms with Crippen molar-refractivity contribution in [3.63, 3.8) is 0 Å². The van der Waals surface area contributed by atoms with Crippen LogP contribution in [-0.2, 0) is 6.54 Å². The van der Waals surface area contributed by atoms with Crippen LogP contribution >= 0.6 is 0 Å². The molecule has 0 unspecified atom stereocenters. The third-order valence-corrected chi connectivity index (χ3v) is 6.17. The Hall–Kier alpha value is -2.96. The van der Waals surface area contributed by atoms with E-state index in [4.69, 9.17) is 0 Å². The second-order valence-electron chi connectivity index (χ2n) is 8.61. The molecule has 2 heterocycles. The summed E-state index contributed by atoms with van der Waals surface area (Å²) in [5, 5.41) is 11.0. The van der Waals surface area contributed by atoms with Gasteiger partial charge in [0, 0.05) is 64.3 Å². The van der Waals surface area contributed by atoms with Crippen molar-refractivity contribution in [2.24, 2.45) is 0 Å². The number of piperazine rings is 1. The first kappa shape index (κ1) is 22.2. The molecule has 1 aliphatic rings. The third-order valence-electron chi connectivity index (χ3n) is 6.17. The Morgan fingerprint density at radius 1 is 1.00 bits per heavy atom. The number of aromatic nitrogens is 1. The minimum atomic E-state index is -0.963. The largest absolute Gasteiger partial charge is 0.382 e. The molecule has 0 amide bonds. The van der Waals surface area contributed by atoms with Crippen LogP contribution in [0.2, 0.25) is 0 Å².